The molecule has 2 amide bonds. The Morgan fingerprint density at radius 1 is 0.976 bits per heavy atom. The number of benzene rings is 3. The molecule has 2 N–H and O–H groups in total. The van der Waals surface area contributed by atoms with E-state index >= 15 is 0 Å². The molecule has 0 bridgehead atoms. The summed E-state index contributed by atoms with van der Waals surface area (Å²) in [5.74, 6) is -0.247. The van der Waals surface area contributed by atoms with Crippen LogP contribution in [0.1, 0.15) is 86.3 Å². The monoisotopic (exact) mass is 570 g/mol. The van der Waals surface area contributed by atoms with Gasteiger partial charge in [-0.3, -0.25) is 14.4 Å². The number of rotatable bonds is 7. The molecule has 5 nitrogen and oxygen atoms in total. The van der Waals surface area contributed by atoms with Crippen molar-refractivity contribution in [2.24, 2.45) is 11.3 Å². The van der Waals surface area contributed by atoms with Gasteiger partial charge in [0.05, 0.1) is 16.1 Å². The first kappa shape index (κ1) is 29.1. The number of amides is 2. The van der Waals surface area contributed by atoms with Gasteiger partial charge in [-0.1, -0.05) is 100 Å². The SMILES string of the molecule is CC(C)c1ccc2c(c1)C(=O)C[C@H]1[C@](C)(C(=O)N[C@@H](Cc3ccccc3)C(=O)Nc3ccccc3Cl)CCC[C@]21C. The Labute approximate surface area is 248 Å². The Morgan fingerprint density at radius 2 is 1.68 bits per heavy atom. The Bertz CT molecular complexity index is 1470. The summed E-state index contributed by atoms with van der Waals surface area (Å²) in [6, 6.07) is 22.2. The van der Waals surface area contributed by atoms with Crippen molar-refractivity contribution < 1.29 is 14.4 Å². The van der Waals surface area contributed by atoms with Gasteiger partial charge in [-0.25, -0.2) is 0 Å². The molecule has 5 rings (SSSR count). The fourth-order valence-electron chi connectivity index (χ4n) is 7.03. The van der Waals surface area contributed by atoms with Gasteiger partial charge in [-0.05, 0) is 65.0 Å². The van der Waals surface area contributed by atoms with E-state index in [2.05, 4.69) is 49.6 Å². The van der Waals surface area contributed by atoms with Gasteiger partial charge in [0, 0.05) is 18.4 Å². The average molecular weight is 571 g/mol. The molecule has 2 aliphatic rings. The topological polar surface area (TPSA) is 75.3 Å². The lowest BCUT2D eigenvalue weighted by molar-refractivity contribution is -0.140. The molecule has 0 aliphatic heterocycles. The number of carbonyl (C=O) groups is 3. The summed E-state index contributed by atoms with van der Waals surface area (Å²) in [5.41, 5.74) is 3.34. The predicted molar refractivity (Wildman–Crippen MR) is 164 cm³/mol. The number of para-hydroxylation sites is 1. The van der Waals surface area contributed by atoms with Crippen LogP contribution in [-0.2, 0) is 21.4 Å². The zero-order valence-electron chi connectivity index (χ0n) is 24.3. The normalized spacial score (nSPS) is 24.2. The molecule has 1 fully saturated rings. The largest absolute Gasteiger partial charge is 0.343 e. The zero-order valence-corrected chi connectivity index (χ0v) is 25.1. The van der Waals surface area contributed by atoms with Crippen molar-refractivity contribution in [2.75, 3.05) is 5.32 Å². The summed E-state index contributed by atoms with van der Waals surface area (Å²) in [5, 5.41) is 6.46. The first-order chi connectivity index (χ1) is 19.5. The molecule has 1 saturated carbocycles. The van der Waals surface area contributed by atoms with Crippen molar-refractivity contribution in [3.8, 4) is 0 Å². The van der Waals surface area contributed by atoms with E-state index in [4.69, 9.17) is 11.6 Å². The summed E-state index contributed by atoms with van der Waals surface area (Å²) < 4.78 is 0. The van der Waals surface area contributed by atoms with Crippen molar-refractivity contribution >= 4 is 34.9 Å². The van der Waals surface area contributed by atoms with Gasteiger partial charge in [-0.15, -0.1) is 0 Å². The summed E-state index contributed by atoms with van der Waals surface area (Å²) in [7, 11) is 0. The van der Waals surface area contributed by atoms with Gasteiger partial charge in [0.2, 0.25) is 11.8 Å². The highest BCUT2D eigenvalue weighted by molar-refractivity contribution is 6.33. The van der Waals surface area contributed by atoms with Crippen LogP contribution in [-0.4, -0.2) is 23.6 Å². The number of hydrogen-bond donors (Lipinski definition) is 2. The number of nitrogens with one attached hydrogen (secondary N) is 2. The van der Waals surface area contributed by atoms with Gasteiger partial charge >= 0.3 is 0 Å². The van der Waals surface area contributed by atoms with Gasteiger partial charge in [-0.2, -0.15) is 0 Å². The number of anilines is 1. The third-order valence-corrected chi connectivity index (χ3v) is 9.83. The molecular weight excluding hydrogens is 532 g/mol. The minimum absolute atomic E-state index is 0.100. The van der Waals surface area contributed by atoms with Crippen LogP contribution in [0.3, 0.4) is 0 Å². The first-order valence-electron chi connectivity index (χ1n) is 14.6. The Hall–Kier alpha value is -3.44. The molecule has 0 heterocycles. The van der Waals surface area contributed by atoms with E-state index in [-0.39, 0.29) is 28.9 Å². The predicted octanol–water partition coefficient (Wildman–Crippen LogP) is 7.48. The molecule has 41 heavy (non-hydrogen) atoms. The van der Waals surface area contributed by atoms with Crippen LogP contribution in [0.4, 0.5) is 5.69 Å². The molecule has 0 radical (unpaired) electrons. The van der Waals surface area contributed by atoms with Gasteiger partial charge < -0.3 is 10.6 Å². The summed E-state index contributed by atoms with van der Waals surface area (Å²) in [6.45, 7) is 8.47. The molecule has 0 unspecified atom stereocenters. The zero-order chi connectivity index (χ0) is 29.4. The van der Waals surface area contributed by atoms with Crippen molar-refractivity contribution in [3.63, 3.8) is 0 Å². The number of Topliss-reactive ketones (excluding diaryl/α,β-unsaturated/α-hetero) is 1. The average Bonchev–Trinajstić information content (AvgIpc) is 2.95. The molecule has 2 aliphatic carbocycles. The van der Waals surface area contributed by atoms with Crippen molar-refractivity contribution in [2.45, 2.75) is 77.2 Å². The summed E-state index contributed by atoms with van der Waals surface area (Å²) in [4.78, 5) is 41.4. The van der Waals surface area contributed by atoms with Crippen molar-refractivity contribution in [1.29, 1.82) is 0 Å². The van der Waals surface area contributed by atoms with Crippen LogP contribution in [0, 0.1) is 11.3 Å². The minimum atomic E-state index is -0.814. The van der Waals surface area contributed by atoms with E-state index < -0.39 is 11.5 Å². The Kier molecular flexibility index (Phi) is 8.11. The molecular formula is C35H39ClN2O3. The van der Waals surface area contributed by atoms with Crippen LogP contribution in [0.2, 0.25) is 5.02 Å². The van der Waals surface area contributed by atoms with E-state index in [1.165, 1.54) is 0 Å². The number of fused-ring (bicyclic) bond motifs is 3. The fourth-order valence-corrected chi connectivity index (χ4v) is 7.21. The van der Waals surface area contributed by atoms with Crippen LogP contribution in [0.15, 0.2) is 72.8 Å². The second kappa shape index (κ2) is 11.4. The van der Waals surface area contributed by atoms with Gasteiger partial charge in [0.25, 0.3) is 0 Å². The molecule has 4 atom stereocenters. The molecule has 3 aromatic rings. The third-order valence-electron chi connectivity index (χ3n) is 9.50. The smallest absolute Gasteiger partial charge is 0.247 e. The molecule has 0 aromatic heterocycles. The highest BCUT2D eigenvalue weighted by Gasteiger charge is 2.57. The maximum absolute atomic E-state index is 14.3. The standard InChI is InChI=1S/C35H39ClN2O3/c1-22(2)24-15-16-26-25(20-24)30(39)21-31-34(26,3)17-10-18-35(31,4)33(41)38-29(19-23-11-6-5-7-12-23)32(40)37-28-14-9-8-13-27(28)36/h5-9,11-16,20,22,29,31H,10,17-19,21H2,1-4H3,(H,37,40)(H,38,41)/t29-,31+,34+,35+/m0/s1. The second-order valence-corrected chi connectivity index (χ2v) is 12.9. The second-order valence-electron chi connectivity index (χ2n) is 12.5. The number of ketones is 1. The summed E-state index contributed by atoms with van der Waals surface area (Å²) in [6.07, 6.45) is 3.11. The lowest BCUT2D eigenvalue weighted by Crippen LogP contribution is -2.58. The van der Waals surface area contributed by atoms with E-state index in [0.717, 1.165) is 35.1 Å². The maximum Gasteiger partial charge on any atom is 0.247 e. The maximum atomic E-state index is 14.3. The lowest BCUT2D eigenvalue weighted by atomic mass is 9.49. The summed E-state index contributed by atoms with van der Waals surface area (Å²) >= 11 is 6.32. The molecule has 214 valence electrons. The van der Waals surface area contributed by atoms with Crippen LogP contribution in [0.25, 0.3) is 0 Å². The first-order valence-corrected chi connectivity index (χ1v) is 15.0. The van der Waals surface area contributed by atoms with Crippen molar-refractivity contribution in [3.05, 3.63) is 100 Å². The number of carbonyl (C=O) groups excluding carboxylic acids is 3. The van der Waals surface area contributed by atoms with E-state index in [9.17, 15) is 14.4 Å². The van der Waals surface area contributed by atoms with E-state index in [1.54, 1.807) is 24.3 Å². The van der Waals surface area contributed by atoms with Crippen molar-refractivity contribution in [1.82, 2.24) is 5.32 Å². The minimum Gasteiger partial charge on any atom is -0.343 e. The molecule has 6 heteroatoms. The number of halogens is 1. The van der Waals surface area contributed by atoms with Crippen LogP contribution < -0.4 is 10.6 Å². The van der Waals surface area contributed by atoms with Crippen LogP contribution in [0.5, 0.6) is 0 Å². The van der Waals surface area contributed by atoms with E-state index in [1.807, 2.05) is 37.3 Å². The molecule has 0 saturated heterocycles. The van der Waals surface area contributed by atoms with Gasteiger partial charge in [0.15, 0.2) is 5.78 Å². The molecule has 3 aromatic carbocycles. The Balaban J connectivity index is 1.45. The highest BCUT2D eigenvalue weighted by atomic mass is 35.5. The van der Waals surface area contributed by atoms with Gasteiger partial charge in [0.1, 0.15) is 6.04 Å². The number of hydrogen-bond acceptors (Lipinski definition) is 3. The lowest BCUT2D eigenvalue weighted by Gasteiger charge is -2.54. The third kappa shape index (κ3) is 5.57. The Morgan fingerprint density at radius 3 is 2.39 bits per heavy atom. The fraction of sp³-hybridized carbons (Fsp3) is 0.400. The molecule has 0 spiro atoms. The van der Waals surface area contributed by atoms with Crippen LogP contribution >= 0.6 is 11.6 Å². The highest BCUT2D eigenvalue weighted by Crippen LogP contribution is 2.57. The quantitative estimate of drug-likeness (QED) is 0.309. The van der Waals surface area contributed by atoms with E-state index in [0.29, 0.717) is 35.9 Å².